The first kappa shape index (κ1) is 18.8. The fourth-order valence-electron chi connectivity index (χ4n) is 5.17. The second-order valence-corrected chi connectivity index (χ2v) is 10.3. The molecule has 0 aromatic carbocycles. The molecule has 1 saturated carbocycles. The number of piperidine rings is 2. The molecule has 146 valence electrons. The van der Waals surface area contributed by atoms with Gasteiger partial charge in [-0.15, -0.1) is 0 Å². The van der Waals surface area contributed by atoms with E-state index in [0.29, 0.717) is 5.41 Å². The molecule has 1 atom stereocenters. The van der Waals surface area contributed by atoms with Crippen LogP contribution in [0.15, 0.2) is 11.1 Å². The van der Waals surface area contributed by atoms with Crippen LogP contribution in [0.3, 0.4) is 0 Å². The van der Waals surface area contributed by atoms with Crippen molar-refractivity contribution in [2.75, 3.05) is 26.2 Å². The molecule has 1 unspecified atom stereocenters. The molecule has 3 aliphatic rings. The lowest BCUT2D eigenvalue weighted by Crippen LogP contribution is -2.46. The molecule has 1 spiro atoms. The first-order valence-corrected chi connectivity index (χ1v) is 11.0. The molecule has 1 aromatic rings. The number of aromatic nitrogens is 2. The Morgan fingerprint density at radius 3 is 2.42 bits per heavy atom. The summed E-state index contributed by atoms with van der Waals surface area (Å²) < 4.78 is 4.54. The average molecular weight is 379 g/mol. The summed E-state index contributed by atoms with van der Waals surface area (Å²) in [6.45, 7) is 8.60. The second-order valence-electron chi connectivity index (χ2n) is 9.20. The molecule has 0 bridgehead atoms. The van der Waals surface area contributed by atoms with E-state index in [4.69, 9.17) is 0 Å². The van der Waals surface area contributed by atoms with Crippen LogP contribution in [-0.4, -0.2) is 61.9 Å². The van der Waals surface area contributed by atoms with Crippen molar-refractivity contribution < 1.29 is 5.11 Å². The molecular formula is C20H34N4OS. The summed E-state index contributed by atoms with van der Waals surface area (Å²) in [6.07, 6.45) is 8.66. The first-order valence-electron chi connectivity index (χ1n) is 10.2. The third kappa shape index (κ3) is 3.98. The van der Waals surface area contributed by atoms with Gasteiger partial charge in [-0.1, -0.05) is 0 Å². The van der Waals surface area contributed by atoms with Crippen molar-refractivity contribution in [3.63, 3.8) is 0 Å². The van der Waals surface area contributed by atoms with E-state index >= 15 is 0 Å². The Kier molecular flexibility index (Phi) is 5.14. The van der Waals surface area contributed by atoms with Crippen LogP contribution in [0.25, 0.3) is 0 Å². The van der Waals surface area contributed by atoms with Crippen LogP contribution in [0.4, 0.5) is 0 Å². The minimum absolute atomic E-state index is 0.431. The van der Waals surface area contributed by atoms with Crippen molar-refractivity contribution in [2.24, 2.45) is 12.5 Å². The van der Waals surface area contributed by atoms with Crippen molar-refractivity contribution in [1.82, 2.24) is 19.0 Å². The Bertz CT molecular complexity index is 626. The van der Waals surface area contributed by atoms with Crippen LogP contribution < -0.4 is 0 Å². The van der Waals surface area contributed by atoms with Crippen molar-refractivity contribution in [2.45, 2.75) is 75.5 Å². The van der Waals surface area contributed by atoms with Gasteiger partial charge in [0.15, 0.2) is 0 Å². The smallest absolute Gasteiger partial charge is 0.109 e. The third-order valence-electron chi connectivity index (χ3n) is 7.03. The predicted molar refractivity (Wildman–Crippen MR) is 106 cm³/mol. The molecule has 3 fully saturated rings. The van der Waals surface area contributed by atoms with Crippen LogP contribution in [0, 0.1) is 12.3 Å². The number of nitrogens with zero attached hydrogens (tertiary/aromatic N) is 4. The predicted octanol–water partition coefficient (Wildman–Crippen LogP) is 3.22. The molecule has 26 heavy (non-hydrogen) atoms. The van der Waals surface area contributed by atoms with Crippen LogP contribution in [0.2, 0.25) is 0 Å². The van der Waals surface area contributed by atoms with Gasteiger partial charge < -0.3 is 10.0 Å². The van der Waals surface area contributed by atoms with Gasteiger partial charge in [-0.2, -0.15) is 5.10 Å². The topological polar surface area (TPSA) is 44.5 Å². The Hall–Kier alpha value is -0.560. The fourth-order valence-corrected chi connectivity index (χ4v) is 6.18. The lowest BCUT2D eigenvalue weighted by molar-refractivity contribution is -0.0176. The van der Waals surface area contributed by atoms with Crippen molar-refractivity contribution >= 4 is 11.9 Å². The minimum atomic E-state index is -0.431. The highest BCUT2D eigenvalue weighted by Crippen LogP contribution is 2.49. The molecule has 2 aliphatic heterocycles. The minimum Gasteiger partial charge on any atom is -0.390 e. The normalized spacial score (nSPS) is 29.5. The van der Waals surface area contributed by atoms with Crippen LogP contribution >= 0.6 is 11.9 Å². The molecule has 1 N–H and O–H groups in total. The Morgan fingerprint density at radius 2 is 1.81 bits per heavy atom. The summed E-state index contributed by atoms with van der Waals surface area (Å²) in [7, 11) is 2.04. The zero-order valence-corrected chi connectivity index (χ0v) is 17.4. The number of rotatable bonds is 3. The van der Waals surface area contributed by atoms with Gasteiger partial charge in [0.1, 0.15) is 5.03 Å². The SMILES string of the molecule is Cc1cc(SN2CCC3(CCC(N4CCC(C)(O)CC4)C3)CC2)n(C)n1. The maximum Gasteiger partial charge on any atom is 0.109 e. The lowest BCUT2D eigenvalue weighted by Gasteiger charge is -2.41. The van der Waals surface area contributed by atoms with E-state index in [2.05, 4.69) is 27.3 Å². The highest BCUT2D eigenvalue weighted by atomic mass is 32.2. The molecule has 1 aliphatic carbocycles. The third-order valence-corrected chi connectivity index (χ3v) is 8.23. The van der Waals surface area contributed by atoms with Crippen LogP contribution in [0.1, 0.15) is 57.6 Å². The number of likely N-dealkylation sites (tertiary alicyclic amines) is 1. The van der Waals surface area contributed by atoms with Gasteiger partial charge in [-0.05, 0) is 82.2 Å². The summed E-state index contributed by atoms with van der Waals surface area (Å²) >= 11 is 1.88. The van der Waals surface area contributed by atoms with E-state index in [1.165, 1.54) is 50.2 Å². The number of aryl methyl sites for hydroxylation is 2. The van der Waals surface area contributed by atoms with Crippen molar-refractivity contribution in [3.05, 3.63) is 11.8 Å². The zero-order valence-electron chi connectivity index (χ0n) is 16.6. The number of hydrogen-bond acceptors (Lipinski definition) is 5. The van der Waals surface area contributed by atoms with Gasteiger partial charge in [-0.3, -0.25) is 4.68 Å². The van der Waals surface area contributed by atoms with E-state index in [1.54, 1.807) is 0 Å². The lowest BCUT2D eigenvalue weighted by atomic mass is 9.77. The van der Waals surface area contributed by atoms with Gasteiger partial charge in [0, 0.05) is 39.3 Å². The van der Waals surface area contributed by atoms with Crippen LogP contribution in [0.5, 0.6) is 0 Å². The molecule has 3 heterocycles. The summed E-state index contributed by atoms with van der Waals surface area (Å²) in [4.78, 5) is 2.67. The van der Waals surface area contributed by atoms with Crippen LogP contribution in [-0.2, 0) is 7.05 Å². The van der Waals surface area contributed by atoms with Gasteiger partial charge in [-0.25, -0.2) is 4.31 Å². The zero-order chi connectivity index (χ0) is 18.4. The quantitative estimate of drug-likeness (QED) is 0.818. The molecule has 2 saturated heterocycles. The monoisotopic (exact) mass is 378 g/mol. The van der Waals surface area contributed by atoms with Gasteiger partial charge in [0.2, 0.25) is 0 Å². The molecule has 4 rings (SSSR count). The molecule has 5 nitrogen and oxygen atoms in total. The molecule has 6 heteroatoms. The number of hydrogen-bond donors (Lipinski definition) is 1. The Morgan fingerprint density at radius 1 is 1.12 bits per heavy atom. The highest BCUT2D eigenvalue weighted by molar-refractivity contribution is 7.97. The average Bonchev–Trinajstić information content (AvgIpc) is 3.14. The van der Waals surface area contributed by atoms with Crippen molar-refractivity contribution in [3.8, 4) is 0 Å². The van der Waals surface area contributed by atoms with E-state index in [0.717, 1.165) is 37.7 Å². The summed E-state index contributed by atoms with van der Waals surface area (Å²) in [5.74, 6) is 0. The number of aliphatic hydroxyl groups is 1. The van der Waals surface area contributed by atoms with Gasteiger partial charge in [0.05, 0.1) is 11.3 Å². The fraction of sp³-hybridized carbons (Fsp3) is 0.850. The Balaban J connectivity index is 1.28. The summed E-state index contributed by atoms with van der Waals surface area (Å²) in [5, 5.41) is 15.9. The molecular weight excluding hydrogens is 344 g/mol. The van der Waals surface area contributed by atoms with Gasteiger partial charge in [0.25, 0.3) is 0 Å². The largest absolute Gasteiger partial charge is 0.390 e. The second kappa shape index (κ2) is 7.12. The summed E-state index contributed by atoms with van der Waals surface area (Å²) in [5.41, 5.74) is 1.24. The molecule has 0 radical (unpaired) electrons. The standard InChI is InChI=1S/C20H34N4OS/c1-16-14-18(22(3)21-16)26-24-12-8-20(9-13-24)5-4-17(15-20)23-10-6-19(2,25)7-11-23/h14,17,25H,4-13,15H2,1-3H3. The highest BCUT2D eigenvalue weighted by Gasteiger charge is 2.44. The summed E-state index contributed by atoms with van der Waals surface area (Å²) in [6, 6.07) is 2.94. The Labute approximate surface area is 162 Å². The molecule has 0 amide bonds. The maximum absolute atomic E-state index is 10.2. The van der Waals surface area contributed by atoms with Gasteiger partial charge >= 0.3 is 0 Å². The van der Waals surface area contributed by atoms with E-state index in [-0.39, 0.29) is 0 Å². The maximum atomic E-state index is 10.2. The van der Waals surface area contributed by atoms with E-state index < -0.39 is 5.60 Å². The van der Waals surface area contributed by atoms with E-state index in [1.807, 2.05) is 30.6 Å². The first-order chi connectivity index (χ1) is 12.3. The molecule has 1 aromatic heterocycles. The van der Waals surface area contributed by atoms with Crippen molar-refractivity contribution in [1.29, 1.82) is 0 Å². The van der Waals surface area contributed by atoms with E-state index in [9.17, 15) is 5.11 Å².